The summed E-state index contributed by atoms with van der Waals surface area (Å²) in [7, 11) is 0. The van der Waals surface area contributed by atoms with Crippen molar-refractivity contribution < 1.29 is 14.3 Å². The van der Waals surface area contributed by atoms with E-state index >= 15 is 0 Å². The maximum atomic E-state index is 12.3. The Morgan fingerprint density at radius 2 is 2.31 bits per heavy atom. The molecule has 1 aliphatic carbocycles. The van der Waals surface area contributed by atoms with E-state index in [0.717, 1.165) is 31.4 Å². The molecule has 26 heavy (non-hydrogen) atoms. The van der Waals surface area contributed by atoms with Gasteiger partial charge in [-0.3, -0.25) is 4.79 Å². The first-order valence-corrected chi connectivity index (χ1v) is 10.3. The van der Waals surface area contributed by atoms with Crippen LogP contribution in [0.4, 0.5) is 0 Å². The molecular weight excluding hydrogens is 368 g/mol. The average Bonchev–Trinajstić information content (AvgIpc) is 3.25. The van der Waals surface area contributed by atoms with Crippen molar-refractivity contribution in [3.05, 3.63) is 37.5 Å². The van der Waals surface area contributed by atoms with Gasteiger partial charge in [0, 0.05) is 16.0 Å². The highest BCUT2D eigenvalue weighted by Crippen LogP contribution is 2.33. The van der Waals surface area contributed by atoms with E-state index in [1.54, 1.807) is 12.3 Å². The van der Waals surface area contributed by atoms with Crippen LogP contribution in [0.3, 0.4) is 0 Å². The Hall–Kier alpha value is -2.04. The second kappa shape index (κ2) is 8.11. The van der Waals surface area contributed by atoms with Crippen LogP contribution < -0.4 is 0 Å². The van der Waals surface area contributed by atoms with Gasteiger partial charge in [0.1, 0.15) is 9.88 Å². The summed E-state index contributed by atoms with van der Waals surface area (Å²) in [6.07, 6.45) is 4.32. The van der Waals surface area contributed by atoms with Gasteiger partial charge >= 0.3 is 5.97 Å². The predicted octanol–water partition coefficient (Wildman–Crippen LogP) is 4.06. The van der Waals surface area contributed by atoms with E-state index < -0.39 is 24.3 Å². The lowest BCUT2D eigenvalue weighted by atomic mass is 9.87. The zero-order valence-corrected chi connectivity index (χ0v) is 16.4. The smallest absolute Gasteiger partial charge is 0.348 e. The van der Waals surface area contributed by atoms with Crippen molar-refractivity contribution >= 4 is 34.4 Å². The molecule has 0 fully saturated rings. The molecule has 0 saturated heterocycles. The van der Waals surface area contributed by atoms with Gasteiger partial charge in [-0.25, -0.2) is 9.78 Å². The summed E-state index contributed by atoms with van der Waals surface area (Å²) in [6.45, 7) is 3.59. The topological polar surface area (TPSA) is 80.0 Å². The van der Waals surface area contributed by atoms with E-state index in [9.17, 15) is 14.9 Å². The minimum Gasteiger partial charge on any atom is -0.453 e. The summed E-state index contributed by atoms with van der Waals surface area (Å²) in [5.74, 6) is -1.23. The third-order valence-corrected chi connectivity index (χ3v) is 6.89. The van der Waals surface area contributed by atoms with Crippen molar-refractivity contribution in [1.82, 2.24) is 4.98 Å². The molecule has 0 N–H and O–H groups in total. The molecule has 136 valence electrons. The van der Waals surface area contributed by atoms with Gasteiger partial charge in [-0.2, -0.15) is 5.26 Å². The van der Waals surface area contributed by atoms with Gasteiger partial charge in [-0.15, -0.1) is 22.7 Å². The molecule has 0 spiro atoms. The summed E-state index contributed by atoms with van der Waals surface area (Å²) in [5, 5.41) is 11.5. The number of ether oxygens (including phenoxy) is 1. The van der Waals surface area contributed by atoms with Crippen LogP contribution in [-0.4, -0.2) is 23.3 Å². The van der Waals surface area contributed by atoms with Gasteiger partial charge in [-0.05, 0) is 43.7 Å². The van der Waals surface area contributed by atoms with E-state index in [1.807, 2.05) is 12.1 Å². The summed E-state index contributed by atoms with van der Waals surface area (Å²) in [5.41, 5.74) is 2.00. The van der Waals surface area contributed by atoms with Gasteiger partial charge in [-0.1, -0.05) is 13.3 Å². The fraction of sp³-hybridized carbons (Fsp3) is 0.474. The number of carbonyl (C=O) groups is 2. The number of hydrogen-bond donors (Lipinski definition) is 0. The molecule has 1 aliphatic rings. The Bertz CT molecular complexity index is 863. The van der Waals surface area contributed by atoms with Crippen molar-refractivity contribution in [2.24, 2.45) is 5.92 Å². The maximum absolute atomic E-state index is 12.3. The highest BCUT2D eigenvalue weighted by atomic mass is 32.1. The molecule has 2 heterocycles. The number of nitrogens with zero attached hydrogens (tertiary/aromatic N) is 2. The van der Waals surface area contributed by atoms with E-state index in [2.05, 4.69) is 11.9 Å². The zero-order chi connectivity index (χ0) is 18.7. The fourth-order valence-corrected chi connectivity index (χ4v) is 5.07. The first-order chi connectivity index (χ1) is 12.5. The van der Waals surface area contributed by atoms with Crippen LogP contribution in [0.1, 0.15) is 56.5 Å². The molecule has 2 atom stereocenters. The lowest BCUT2D eigenvalue weighted by Gasteiger charge is -2.19. The monoisotopic (exact) mass is 388 g/mol. The van der Waals surface area contributed by atoms with Crippen molar-refractivity contribution in [3.8, 4) is 6.07 Å². The number of aromatic nitrogens is 1. The number of rotatable bonds is 6. The van der Waals surface area contributed by atoms with Crippen LogP contribution in [0.5, 0.6) is 0 Å². The molecular formula is C19H20N2O3S2. The van der Waals surface area contributed by atoms with Gasteiger partial charge in [0.15, 0.2) is 18.3 Å². The molecule has 2 aromatic rings. The second-order valence-electron chi connectivity index (χ2n) is 6.51. The van der Waals surface area contributed by atoms with Crippen LogP contribution in [0.25, 0.3) is 0 Å². The van der Waals surface area contributed by atoms with E-state index in [0.29, 0.717) is 15.8 Å². The molecule has 3 rings (SSSR count). The van der Waals surface area contributed by atoms with Crippen molar-refractivity contribution in [3.63, 3.8) is 0 Å². The molecule has 0 saturated carbocycles. The lowest BCUT2D eigenvalue weighted by Crippen LogP contribution is -2.19. The minimum atomic E-state index is -0.983. The molecule has 0 aromatic carbocycles. The Labute approximate surface area is 160 Å². The van der Waals surface area contributed by atoms with E-state index in [4.69, 9.17) is 4.74 Å². The molecule has 5 nitrogen and oxygen atoms in total. The number of carbonyl (C=O) groups excluding carboxylic acids is 2. The molecule has 0 amide bonds. The average molecular weight is 389 g/mol. The van der Waals surface area contributed by atoms with E-state index in [-0.39, 0.29) is 0 Å². The maximum Gasteiger partial charge on any atom is 0.348 e. The number of hydrogen-bond acceptors (Lipinski definition) is 7. The highest BCUT2D eigenvalue weighted by molar-refractivity contribution is 7.14. The van der Waals surface area contributed by atoms with Crippen molar-refractivity contribution in [2.75, 3.05) is 6.61 Å². The Balaban J connectivity index is 1.61. The van der Waals surface area contributed by atoms with Crippen LogP contribution in [0.2, 0.25) is 0 Å². The molecule has 0 unspecified atom stereocenters. The van der Waals surface area contributed by atoms with Crippen LogP contribution in [0.15, 0.2) is 11.4 Å². The molecule has 0 bridgehead atoms. The molecule has 2 aromatic heterocycles. The second-order valence-corrected chi connectivity index (χ2v) is 8.53. The van der Waals surface area contributed by atoms with Gasteiger partial charge in [0.05, 0.1) is 6.07 Å². The lowest BCUT2D eigenvalue weighted by molar-refractivity contribution is -0.122. The van der Waals surface area contributed by atoms with Crippen LogP contribution >= 0.6 is 22.7 Å². The first-order valence-electron chi connectivity index (χ1n) is 8.64. The fourth-order valence-electron chi connectivity index (χ4n) is 3.11. The zero-order valence-electron chi connectivity index (χ0n) is 14.8. The largest absolute Gasteiger partial charge is 0.453 e. The normalized spacial score (nSPS) is 17.2. The predicted molar refractivity (Wildman–Crippen MR) is 101 cm³/mol. The number of aryl methyl sites for hydroxylation is 2. The minimum absolute atomic E-state index is 0.407. The third kappa shape index (κ3) is 4.02. The van der Waals surface area contributed by atoms with Gasteiger partial charge in [0.2, 0.25) is 0 Å². The number of fused-ring (bicyclic) bond motifs is 1. The van der Waals surface area contributed by atoms with Crippen molar-refractivity contribution in [1.29, 1.82) is 5.26 Å². The number of ketones is 1. The van der Waals surface area contributed by atoms with Crippen LogP contribution in [0, 0.1) is 24.2 Å². The number of nitriles is 1. The molecule has 0 aliphatic heterocycles. The van der Waals surface area contributed by atoms with Crippen LogP contribution in [-0.2, 0) is 22.4 Å². The Morgan fingerprint density at radius 1 is 1.50 bits per heavy atom. The standard InChI is InChI=1S/C19H20N2O3S2/c1-3-12-4-5-16-13(6-12)7-17(26-16)19(23)24-9-15(22)14(8-20)18-21-11(2)10-25-18/h7,10,12,14H,3-6,9H2,1-2H3/t12-,14+/m0/s1. The van der Waals surface area contributed by atoms with E-state index in [1.165, 1.54) is 33.1 Å². The summed E-state index contributed by atoms with van der Waals surface area (Å²) in [6, 6.07) is 3.86. The summed E-state index contributed by atoms with van der Waals surface area (Å²) < 4.78 is 5.18. The number of Topliss-reactive ketones (excluding diaryl/α,β-unsaturated/α-hetero) is 1. The number of esters is 1. The Morgan fingerprint density at radius 3 is 2.96 bits per heavy atom. The van der Waals surface area contributed by atoms with Crippen molar-refractivity contribution in [2.45, 2.75) is 45.4 Å². The summed E-state index contributed by atoms with van der Waals surface area (Å²) >= 11 is 2.73. The molecule has 0 radical (unpaired) electrons. The number of thiophene rings is 1. The summed E-state index contributed by atoms with van der Waals surface area (Å²) in [4.78, 5) is 30.6. The third-order valence-electron chi connectivity index (χ3n) is 4.64. The number of thiazole rings is 1. The Kier molecular flexibility index (Phi) is 5.84. The quantitative estimate of drug-likeness (QED) is 0.697. The SMILES string of the molecule is CC[C@H]1CCc2sc(C(=O)OCC(=O)[C@@H](C#N)c3nc(C)cs3)cc2C1. The van der Waals surface area contributed by atoms with Gasteiger partial charge < -0.3 is 4.74 Å². The molecule has 7 heteroatoms. The highest BCUT2D eigenvalue weighted by Gasteiger charge is 2.26. The first kappa shape index (κ1) is 18.7. The van der Waals surface area contributed by atoms with Gasteiger partial charge in [0.25, 0.3) is 0 Å².